The molecule has 1 aliphatic heterocycles. The van der Waals surface area contributed by atoms with Gasteiger partial charge < -0.3 is 20.2 Å². The van der Waals surface area contributed by atoms with Gasteiger partial charge in [0, 0.05) is 37.8 Å². The summed E-state index contributed by atoms with van der Waals surface area (Å²) in [6.07, 6.45) is 5.82. The van der Waals surface area contributed by atoms with Gasteiger partial charge in [0.25, 0.3) is 0 Å². The van der Waals surface area contributed by atoms with Crippen LogP contribution in [0, 0.1) is 11.7 Å². The molecule has 1 aromatic carbocycles. The van der Waals surface area contributed by atoms with Crippen LogP contribution in [0.1, 0.15) is 45.4 Å². The number of anilines is 2. The Balaban J connectivity index is 1.62. The number of hydrogen-bond acceptors (Lipinski definition) is 4. The number of β-amino-alcohol motifs (C(OH)–C–C–N with tert-alkyl or cyclic N) is 1. The summed E-state index contributed by atoms with van der Waals surface area (Å²) in [5, 5.41) is 12.4. The molecule has 0 radical (unpaired) electrons. The van der Waals surface area contributed by atoms with Crippen LogP contribution in [0.3, 0.4) is 0 Å². The van der Waals surface area contributed by atoms with Gasteiger partial charge in [-0.2, -0.15) is 0 Å². The second-order valence-corrected chi connectivity index (χ2v) is 7.97. The first kappa shape index (κ1) is 20.6. The number of carbonyl (C=O) groups excluding carboxylic acids is 2. The predicted molar refractivity (Wildman–Crippen MR) is 107 cm³/mol. The highest BCUT2D eigenvalue weighted by Crippen LogP contribution is 2.29. The van der Waals surface area contributed by atoms with Crippen molar-refractivity contribution in [2.45, 2.75) is 57.6 Å². The maximum absolute atomic E-state index is 14.6. The lowest BCUT2D eigenvalue weighted by Gasteiger charge is -2.33. The molecule has 2 atom stereocenters. The Labute approximate surface area is 165 Å². The van der Waals surface area contributed by atoms with E-state index >= 15 is 0 Å². The zero-order valence-electron chi connectivity index (χ0n) is 16.7. The van der Waals surface area contributed by atoms with Gasteiger partial charge in [-0.05, 0) is 37.5 Å². The quantitative estimate of drug-likeness (QED) is 0.774. The highest BCUT2D eigenvalue weighted by Gasteiger charge is 2.35. The molecule has 0 aromatic heterocycles. The fourth-order valence-electron chi connectivity index (χ4n) is 4.29. The molecule has 2 unspecified atom stereocenters. The number of rotatable bonds is 4. The zero-order chi connectivity index (χ0) is 20.3. The van der Waals surface area contributed by atoms with E-state index in [2.05, 4.69) is 5.32 Å². The van der Waals surface area contributed by atoms with Gasteiger partial charge in [0.05, 0.1) is 11.8 Å². The fourth-order valence-corrected chi connectivity index (χ4v) is 4.29. The Hall–Kier alpha value is -2.15. The lowest BCUT2D eigenvalue weighted by molar-refractivity contribution is -0.142. The maximum atomic E-state index is 14.6. The number of aliphatic hydroxyl groups excluding tert-OH is 1. The highest BCUT2D eigenvalue weighted by atomic mass is 19.1. The summed E-state index contributed by atoms with van der Waals surface area (Å²) in [6.45, 7) is 2.46. The normalized spacial score (nSPS) is 22.9. The van der Waals surface area contributed by atoms with Gasteiger partial charge in [-0.1, -0.05) is 26.2 Å². The van der Waals surface area contributed by atoms with Crippen LogP contribution in [0.15, 0.2) is 18.2 Å². The molecular formula is C21H30FN3O3. The van der Waals surface area contributed by atoms with Crippen LogP contribution >= 0.6 is 0 Å². The third-order valence-corrected chi connectivity index (χ3v) is 6.12. The number of amides is 2. The van der Waals surface area contributed by atoms with E-state index in [4.69, 9.17) is 0 Å². The van der Waals surface area contributed by atoms with Crippen LogP contribution in [-0.2, 0) is 9.59 Å². The number of nitrogens with one attached hydrogen (secondary N) is 1. The SMILES string of the molecule is CCC1CN(C(=O)C(=O)Nc2ccc(N(C)C3CCCCC3)c(F)c2)CC1O. The molecule has 2 amide bonds. The van der Waals surface area contributed by atoms with E-state index in [9.17, 15) is 19.1 Å². The number of aliphatic hydroxyl groups is 1. The van der Waals surface area contributed by atoms with Crippen molar-refractivity contribution in [3.8, 4) is 0 Å². The maximum Gasteiger partial charge on any atom is 0.313 e. The summed E-state index contributed by atoms with van der Waals surface area (Å²) in [7, 11) is 1.90. The average Bonchev–Trinajstić information content (AvgIpc) is 3.08. The molecule has 2 fully saturated rings. The second-order valence-electron chi connectivity index (χ2n) is 7.97. The summed E-state index contributed by atoms with van der Waals surface area (Å²) >= 11 is 0. The van der Waals surface area contributed by atoms with E-state index in [1.54, 1.807) is 12.1 Å². The van der Waals surface area contributed by atoms with Gasteiger partial charge in [0.1, 0.15) is 5.82 Å². The molecule has 1 aliphatic carbocycles. The van der Waals surface area contributed by atoms with Crippen LogP contribution in [-0.4, -0.2) is 54.1 Å². The summed E-state index contributed by atoms with van der Waals surface area (Å²) in [5.74, 6) is -1.93. The van der Waals surface area contributed by atoms with Crippen molar-refractivity contribution in [2.24, 2.45) is 5.92 Å². The lowest BCUT2D eigenvalue weighted by atomic mass is 9.94. The van der Waals surface area contributed by atoms with E-state index in [1.165, 1.54) is 17.4 Å². The molecule has 1 heterocycles. The number of benzene rings is 1. The summed E-state index contributed by atoms with van der Waals surface area (Å²) in [6, 6.07) is 4.86. The number of carbonyl (C=O) groups is 2. The highest BCUT2D eigenvalue weighted by molar-refractivity contribution is 6.39. The first-order chi connectivity index (χ1) is 13.4. The van der Waals surface area contributed by atoms with Crippen molar-refractivity contribution in [3.63, 3.8) is 0 Å². The first-order valence-electron chi connectivity index (χ1n) is 10.2. The minimum absolute atomic E-state index is 0.0104. The third-order valence-electron chi connectivity index (χ3n) is 6.12. The molecular weight excluding hydrogens is 361 g/mol. The van der Waals surface area contributed by atoms with Gasteiger partial charge in [-0.25, -0.2) is 4.39 Å². The molecule has 6 nitrogen and oxygen atoms in total. The summed E-state index contributed by atoms with van der Waals surface area (Å²) in [5.41, 5.74) is 0.758. The average molecular weight is 391 g/mol. The van der Waals surface area contributed by atoms with Gasteiger partial charge in [0.15, 0.2) is 0 Å². The molecule has 3 rings (SSSR count). The third kappa shape index (κ3) is 4.46. The van der Waals surface area contributed by atoms with Gasteiger partial charge in [0.2, 0.25) is 0 Å². The molecule has 1 aromatic rings. The zero-order valence-corrected chi connectivity index (χ0v) is 16.7. The molecule has 0 spiro atoms. The van der Waals surface area contributed by atoms with E-state index in [-0.39, 0.29) is 18.2 Å². The van der Waals surface area contributed by atoms with Crippen molar-refractivity contribution in [1.82, 2.24) is 4.90 Å². The molecule has 28 heavy (non-hydrogen) atoms. The second kappa shape index (κ2) is 8.90. The van der Waals surface area contributed by atoms with Crippen molar-refractivity contribution >= 4 is 23.2 Å². The van der Waals surface area contributed by atoms with Crippen molar-refractivity contribution in [2.75, 3.05) is 30.4 Å². The van der Waals surface area contributed by atoms with Gasteiger partial charge >= 0.3 is 11.8 Å². The fraction of sp³-hybridized carbons (Fsp3) is 0.619. The molecule has 154 valence electrons. The number of hydrogen-bond donors (Lipinski definition) is 2. The molecule has 0 bridgehead atoms. The van der Waals surface area contributed by atoms with E-state index < -0.39 is 23.7 Å². The van der Waals surface area contributed by atoms with Crippen LogP contribution in [0.25, 0.3) is 0 Å². The largest absolute Gasteiger partial charge is 0.391 e. The number of nitrogens with zero attached hydrogens (tertiary/aromatic N) is 2. The molecule has 7 heteroatoms. The van der Waals surface area contributed by atoms with Gasteiger partial charge in [-0.3, -0.25) is 9.59 Å². The Morgan fingerprint density at radius 3 is 2.57 bits per heavy atom. The van der Waals surface area contributed by atoms with E-state index in [0.717, 1.165) is 32.1 Å². The van der Waals surface area contributed by atoms with Crippen molar-refractivity contribution < 1.29 is 19.1 Å². The number of halogens is 1. The monoisotopic (exact) mass is 391 g/mol. The van der Waals surface area contributed by atoms with Gasteiger partial charge in [-0.15, -0.1) is 0 Å². The summed E-state index contributed by atoms with van der Waals surface area (Å²) < 4.78 is 14.6. The molecule has 1 saturated heterocycles. The summed E-state index contributed by atoms with van der Waals surface area (Å²) in [4.78, 5) is 27.9. The Bertz CT molecular complexity index is 721. The smallest absolute Gasteiger partial charge is 0.313 e. The van der Waals surface area contributed by atoms with Crippen LogP contribution in [0.4, 0.5) is 15.8 Å². The number of likely N-dealkylation sites (tertiary alicyclic amines) is 1. The minimum atomic E-state index is -0.809. The topological polar surface area (TPSA) is 72.9 Å². The van der Waals surface area contributed by atoms with Crippen LogP contribution < -0.4 is 10.2 Å². The van der Waals surface area contributed by atoms with Crippen molar-refractivity contribution in [1.29, 1.82) is 0 Å². The standard InChI is InChI=1S/C21H30FN3O3/c1-3-14-12-25(13-19(14)26)21(28)20(27)23-15-9-10-18(17(22)11-15)24(2)16-7-5-4-6-8-16/h9-11,14,16,19,26H,3-8,12-13H2,1-2H3,(H,23,27). The Morgan fingerprint density at radius 2 is 1.96 bits per heavy atom. The van der Waals surface area contributed by atoms with Crippen molar-refractivity contribution in [3.05, 3.63) is 24.0 Å². The lowest BCUT2D eigenvalue weighted by Crippen LogP contribution is -2.38. The van der Waals surface area contributed by atoms with Crippen LogP contribution in [0.2, 0.25) is 0 Å². The van der Waals surface area contributed by atoms with E-state index in [1.807, 2.05) is 18.9 Å². The van der Waals surface area contributed by atoms with E-state index in [0.29, 0.717) is 18.3 Å². The molecule has 2 aliphatic rings. The molecule has 1 saturated carbocycles. The Morgan fingerprint density at radius 1 is 1.25 bits per heavy atom. The first-order valence-corrected chi connectivity index (χ1v) is 10.2. The minimum Gasteiger partial charge on any atom is -0.391 e. The Kier molecular flexibility index (Phi) is 6.54. The molecule has 2 N–H and O–H groups in total. The van der Waals surface area contributed by atoms with Crippen LogP contribution in [0.5, 0.6) is 0 Å². The predicted octanol–water partition coefficient (Wildman–Crippen LogP) is 2.76.